The molecule has 1 aromatic heterocycles. The van der Waals surface area contributed by atoms with Crippen molar-refractivity contribution in [3.05, 3.63) is 45.6 Å². The van der Waals surface area contributed by atoms with Gasteiger partial charge in [0.1, 0.15) is 10.8 Å². The van der Waals surface area contributed by atoms with Gasteiger partial charge in [0.2, 0.25) is 0 Å². The number of nitrogens with one attached hydrogen (secondary N) is 2. The average molecular weight is 423 g/mol. The second-order valence-electron chi connectivity index (χ2n) is 7.31. The van der Waals surface area contributed by atoms with Gasteiger partial charge in [0, 0.05) is 5.41 Å². The minimum absolute atomic E-state index is 0.0760. The largest absolute Gasteiger partial charge is 0.344 e. The normalized spacial score (nSPS) is 10.8. The first-order valence-electron chi connectivity index (χ1n) is 9.69. The van der Waals surface area contributed by atoms with Crippen molar-refractivity contribution >= 4 is 33.7 Å². The van der Waals surface area contributed by atoms with Crippen LogP contribution in [0.25, 0.3) is 0 Å². The number of anilines is 2. The van der Waals surface area contributed by atoms with E-state index in [2.05, 4.69) is 10.8 Å². The number of amides is 1. The zero-order chi connectivity index (χ0) is 22.4. The Bertz CT molecular complexity index is 870. The third-order valence-electron chi connectivity index (χ3n) is 3.94. The SMILES string of the molecule is CC.CCONC(=O)c1c(Nc2ccc(C)cc2F)sc(C(=O)C(C)(C)C)c1C. The Labute approximate surface area is 176 Å². The zero-order valence-electron chi connectivity index (χ0n) is 18.5. The van der Waals surface area contributed by atoms with Crippen molar-refractivity contribution in [2.45, 2.75) is 55.4 Å². The highest BCUT2D eigenvalue weighted by Crippen LogP contribution is 2.38. The molecule has 0 aliphatic carbocycles. The van der Waals surface area contributed by atoms with Crippen LogP contribution in [-0.2, 0) is 4.84 Å². The predicted octanol–water partition coefficient (Wildman–Crippen LogP) is 6.18. The molecule has 0 bridgehead atoms. The third-order valence-corrected chi connectivity index (χ3v) is 5.15. The van der Waals surface area contributed by atoms with Gasteiger partial charge in [0.15, 0.2) is 5.78 Å². The molecule has 2 N–H and O–H groups in total. The number of hydrogen-bond acceptors (Lipinski definition) is 5. The summed E-state index contributed by atoms with van der Waals surface area (Å²) in [4.78, 5) is 30.9. The molecule has 0 aliphatic heterocycles. The number of thiophene rings is 1. The highest BCUT2D eigenvalue weighted by molar-refractivity contribution is 7.18. The van der Waals surface area contributed by atoms with Gasteiger partial charge in [0.05, 0.1) is 22.7 Å². The van der Waals surface area contributed by atoms with Gasteiger partial charge in [-0.2, -0.15) is 0 Å². The number of aryl methyl sites for hydroxylation is 1. The van der Waals surface area contributed by atoms with Crippen LogP contribution in [0.15, 0.2) is 18.2 Å². The van der Waals surface area contributed by atoms with E-state index >= 15 is 0 Å². The molecule has 29 heavy (non-hydrogen) atoms. The van der Waals surface area contributed by atoms with Crippen molar-refractivity contribution in [2.24, 2.45) is 5.41 Å². The fraction of sp³-hybridized carbons (Fsp3) is 0.455. The zero-order valence-corrected chi connectivity index (χ0v) is 19.3. The van der Waals surface area contributed by atoms with Crippen LogP contribution in [0.1, 0.15) is 72.7 Å². The van der Waals surface area contributed by atoms with Gasteiger partial charge in [-0.25, -0.2) is 9.87 Å². The number of hydroxylamine groups is 1. The topological polar surface area (TPSA) is 67.4 Å². The Hall–Kier alpha value is -2.25. The smallest absolute Gasteiger partial charge is 0.278 e. The molecule has 0 saturated heterocycles. The Morgan fingerprint density at radius 2 is 1.79 bits per heavy atom. The quantitative estimate of drug-likeness (QED) is 0.431. The standard InChI is InChI=1S/C20H25FN2O3S.C2H6/c1-7-26-23-18(25)15-12(3)16(17(24)20(4,5)6)27-19(15)22-14-9-8-11(2)10-13(14)21;1-2/h8-10,22H,7H2,1-6H3,(H,23,25);1-2H3. The number of carbonyl (C=O) groups excluding carboxylic acids is 2. The summed E-state index contributed by atoms with van der Waals surface area (Å²) in [6.07, 6.45) is 0. The third kappa shape index (κ3) is 6.11. The van der Waals surface area contributed by atoms with E-state index in [4.69, 9.17) is 4.84 Å². The summed E-state index contributed by atoms with van der Waals surface area (Å²) >= 11 is 1.15. The Morgan fingerprint density at radius 3 is 2.31 bits per heavy atom. The summed E-state index contributed by atoms with van der Waals surface area (Å²) in [5.41, 5.74) is 3.61. The first-order valence-corrected chi connectivity index (χ1v) is 10.5. The number of carbonyl (C=O) groups is 2. The van der Waals surface area contributed by atoms with Gasteiger partial charge in [-0.15, -0.1) is 11.3 Å². The number of ketones is 1. The van der Waals surface area contributed by atoms with Crippen LogP contribution in [0.2, 0.25) is 0 Å². The Morgan fingerprint density at radius 1 is 1.17 bits per heavy atom. The van der Waals surface area contributed by atoms with Crippen LogP contribution >= 0.6 is 11.3 Å². The van der Waals surface area contributed by atoms with E-state index in [-0.39, 0.29) is 17.0 Å². The van der Waals surface area contributed by atoms with Crippen molar-refractivity contribution in [1.29, 1.82) is 0 Å². The van der Waals surface area contributed by atoms with Gasteiger partial charge in [-0.1, -0.05) is 40.7 Å². The van der Waals surface area contributed by atoms with E-state index in [0.717, 1.165) is 16.9 Å². The molecule has 0 radical (unpaired) electrons. The monoisotopic (exact) mass is 422 g/mol. The maximum Gasteiger partial charge on any atom is 0.278 e. The second kappa shape index (κ2) is 10.5. The van der Waals surface area contributed by atoms with E-state index in [0.29, 0.717) is 22.0 Å². The molecule has 1 aromatic carbocycles. The van der Waals surface area contributed by atoms with Crippen LogP contribution in [0, 0.1) is 25.1 Å². The minimum atomic E-state index is -0.602. The van der Waals surface area contributed by atoms with Crippen molar-refractivity contribution in [3.63, 3.8) is 0 Å². The number of rotatable bonds is 6. The first-order chi connectivity index (χ1) is 13.6. The van der Waals surface area contributed by atoms with Crippen LogP contribution in [0.5, 0.6) is 0 Å². The summed E-state index contributed by atoms with van der Waals surface area (Å²) in [5.74, 6) is -0.984. The average Bonchev–Trinajstić information content (AvgIpc) is 2.98. The number of benzene rings is 1. The van der Waals surface area contributed by atoms with Gasteiger partial charge in [-0.05, 0) is 44.0 Å². The maximum atomic E-state index is 14.3. The van der Waals surface area contributed by atoms with Crippen LogP contribution in [0.4, 0.5) is 15.1 Å². The molecule has 0 fully saturated rings. The fourth-order valence-corrected chi connectivity index (χ4v) is 3.83. The number of hydrogen-bond donors (Lipinski definition) is 2. The van der Waals surface area contributed by atoms with E-state index in [1.165, 1.54) is 6.07 Å². The highest BCUT2D eigenvalue weighted by atomic mass is 32.1. The lowest BCUT2D eigenvalue weighted by atomic mass is 9.88. The van der Waals surface area contributed by atoms with Crippen molar-refractivity contribution in [2.75, 3.05) is 11.9 Å². The molecule has 2 aromatic rings. The molecule has 2 rings (SSSR count). The summed E-state index contributed by atoms with van der Waals surface area (Å²) in [6, 6.07) is 4.78. The van der Waals surface area contributed by atoms with E-state index < -0.39 is 17.1 Å². The summed E-state index contributed by atoms with van der Waals surface area (Å²) in [5, 5.41) is 3.37. The summed E-state index contributed by atoms with van der Waals surface area (Å²) in [7, 11) is 0. The molecule has 0 spiro atoms. The van der Waals surface area contributed by atoms with E-state index in [1.807, 2.05) is 34.6 Å². The first kappa shape index (κ1) is 24.8. The summed E-state index contributed by atoms with van der Waals surface area (Å²) < 4.78 is 14.3. The number of Topliss-reactive ketones (excluding diaryl/α,β-unsaturated/α-hetero) is 1. The highest BCUT2D eigenvalue weighted by Gasteiger charge is 2.31. The molecule has 0 atom stereocenters. The Balaban J connectivity index is 0.00000204. The van der Waals surface area contributed by atoms with Crippen LogP contribution in [0.3, 0.4) is 0 Å². The van der Waals surface area contributed by atoms with Gasteiger partial charge >= 0.3 is 0 Å². The second-order valence-corrected chi connectivity index (χ2v) is 8.33. The number of halogens is 1. The van der Waals surface area contributed by atoms with Gasteiger partial charge in [0.25, 0.3) is 5.91 Å². The van der Waals surface area contributed by atoms with Gasteiger partial charge < -0.3 is 5.32 Å². The lowest BCUT2D eigenvalue weighted by Gasteiger charge is -2.15. The predicted molar refractivity (Wildman–Crippen MR) is 118 cm³/mol. The molecule has 5 nitrogen and oxygen atoms in total. The molecule has 1 amide bonds. The molecular weight excluding hydrogens is 391 g/mol. The van der Waals surface area contributed by atoms with E-state index in [1.54, 1.807) is 32.9 Å². The molecule has 0 aliphatic rings. The van der Waals surface area contributed by atoms with Crippen LogP contribution < -0.4 is 10.8 Å². The molecule has 0 unspecified atom stereocenters. The van der Waals surface area contributed by atoms with Crippen molar-refractivity contribution in [3.8, 4) is 0 Å². The van der Waals surface area contributed by atoms with Crippen LogP contribution in [-0.4, -0.2) is 18.3 Å². The molecule has 7 heteroatoms. The molecular formula is C22H31FN2O3S. The maximum absolute atomic E-state index is 14.3. The lowest BCUT2D eigenvalue weighted by molar-refractivity contribution is 0.0365. The minimum Gasteiger partial charge on any atom is -0.344 e. The van der Waals surface area contributed by atoms with Crippen molar-refractivity contribution in [1.82, 2.24) is 5.48 Å². The van der Waals surface area contributed by atoms with Gasteiger partial charge in [-0.3, -0.25) is 14.4 Å². The van der Waals surface area contributed by atoms with Crippen molar-refractivity contribution < 1.29 is 18.8 Å². The molecule has 1 heterocycles. The molecule has 0 saturated carbocycles. The summed E-state index contributed by atoms with van der Waals surface area (Å²) in [6.45, 7) is 15.0. The molecule has 160 valence electrons. The van der Waals surface area contributed by atoms with E-state index in [9.17, 15) is 14.0 Å². The fourth-order valence-electron chi connectivity index (χ4n) is 2.46. The lowest BCUT2D eigenvalue weighted by Crippen LogP contribution is -2.25. The Kier molecular flexibility index (Phi) is 8.98.